The van der Waals surface area contributed by atoms with Gasteiger partial charge < -0.3 is 115 Å². The average Bonchev–Trinajstić information content (AvgIpc) is 1.63. The lowest BCUT2D eigenvalue weighted by Gasteiger charge is -2.33. The number of phenols is 1. The van der Waals surface area contributed by atoms with Crippen molar-refractivity contribution in [3.8, 4) is 5.75 Å². The average molecular weight is 1940 g/mol. The lowest BCUT2D eigenvalue weighted by Crippen LogP contribution is -2.61. The molecular weight excluding hydrogens is 1810 g/mol. The molecule has 0 radical (unpaired) electrons. The maximum atomic E-state index is 16.1. The van der Waals surface area contributed by atoms with Crippen LogP contribution < -0.4 is 70.4 Å². The van der Waals surface area contributed by atoms with Crippen LogP contribution in [0.4, 0.5) is 0 Å². The molecule has 7 heterocycles. The normalized spacial score (nSPS) is 20.3. The van der Waals surface area contributed by atoms with Crippen LogP contribution in [0, 0.1) is 11.8 Å². The second-order valence-electron chi connectivity index (χ2n) is 36.7. The van der Waals surface area contributed by atoms with Crippen LogP contribution in [0.15, 0.2) is 91.1 Å². The van der Waals surface area contributed by atoms with Crippen LogP contribution >= 0.6 is 0 Å². The molecule has 16 atom stereocenters. The Bertz CT molecular complexity index is 5180. The van der Waals surface area contributed by atoms with E-state index in [1.54, 1.807) is 88.4 Å². The smallest absolute Gasteiger partial charge is 0.328 e. The number of nitrogens with one attached hydrogen (secondary N) is 10. The van der Waals surface area contributed by atoms with E-state index >= 15 is 33.6 Å². The Morgan fingerprint density at radius 1 is 0.432 bits per heavy atom. The minimum atomic E-state index is -1.76. The number of carbonyl (C=O) groups excluding carboxylic acids is 19. The van der Waals surface area contributed by atoms with Crippen molar-refractivity contribution in [3.63, 3.8) is 0 Å². The topological polar surface area (TPSA) is 674 Å². The van der Waals surface area contributed by atoms with Crippen LogP contribution in [-0.4, -0.2) is 310 Å². The van der Waals surface area contributed by atoms with Crippen molar-refractivity contribution >= 4 is 124 Å². The number of nitrogens with zero attached hydrogens (tertiary/aromatic N) is 8. The maximum absolute atomic E-state index is 16.1. The van der Waals surface area contributed by atoms with E-state index in [0.717, 1.165) is 16.9 Å². The molecule has 46 nitrogen and oxygen atoms in total. The number of carboxylic acid groups (broad SMARTS) is 2. The molecule has 0 saturated carbocycles. The molecule has 6 saturated heterocycles. The minimum absolute atomic E-state index is 0.000811. The van der Waals surface area contributed by atoms with Gasteiger partial charge in [0, 0.05) is 90.5 Å². The summed E-state index contributed by atoms with van der Waals surface area (Å²) in [6.07, 6.45) is -2.52. The predicted octanol–water partition coefficient (Wildman–Crippen LogP) is -2.92. The van der Waals surface area contributed by atoms with E-state index in [9.17, 15) is 82.4 Å². The van der Waals surface area contributed by atoms with Crippen LogP contribution in [0.3, 0.4) is 0 Å². The van der Waals surface area contributed by atoms with E-state index in [-0.39, 0.29) is 171 Å². The fraction of sp³-hybridized carbons (Fsp3) is 0.559. The molecule has 6 aliphatic rings. The zero-order chi connectivity index (χ0) is 101. The number of aromatic nitrogens is 3. The summed E-state index contributed by atoms with van der Waals surface area (Å²) >= 11 is 0. The molecule has 0 spiro atoms. The zero-order valence-corrected chi connectivity index (χ0v) is 78.2. The Labute approximate surface area is 800 Å². The van der Waals surface area contributed by atoms with Gasteiger partial charge in [-0.3, -0.25) is 91.1 Å². The van der Waals surface area contributed by atoms with Gasteiger partial charge >= 0.3 is 17.9 Å². The Balaban J connectivity index is 0.893. The van der Waals surface area contributed by atoms with Gasteiger partial charge in [-0.2, -0.15) is 0 Å². The summed E-state index contributed by atoms with van der Waals surface area (Å²) in [7, 11) is 1.14. The van der Waals surface area contributed by atoms with E-state index in [4.69, 9.17) is 21.9 Å². The van der Waals surface area contributed by atoms with Gasteiger partial charge in [0.15, 0.2) is 5.69 Å². The number of carboxylic acids is 2. The first-order valence-electron chi connectivity index (χ1n) is 46.9. The Kier molecular flexibility index (Phi) is 38.3. The molecule has 0 aliphatic carbocycles. The molecule has 4 aromatic rings. The van der Waals surface area contributed by atoms with E-state index in [0.29, 0.717) is 16.7 Å². The summed E-state index contributed by atoms with van der Waals surface area (Å²) in [5.74, 6) is -19.6. The molecule has 139 heavy (non-hydrogen) atoms. The van der Waals surface area contributed by atoms with Crippen LogP contribution in [0.1, 0.15) is 196 Å². The van der Waals surface area contributed by atoms with Gasteiger partial charge in [-0.15, -0.1) is 5.10 Å². The van der Waals surface area contributed by atoms with Gasteiger partial charge in [0.05, 0.1) is 19.3 Å². The first-order chi connectivity index (χ1) is 66.1. The molecule has 6 aliphatic heterocycles. The molecule has 18 amide bonds. The number of hydrogen-bond acceptors (Lipinski definition) is 25. The number of benzene rings is 3. The fourth-order valence-corrected chi connectivity index (χ4v) is 18.3. The molecule has 0 bridgehead atoms. The van der Waals surface area contributed by atoms with Gasteiger partial charge in [0.25, 0.3) is 5.91 Å². The maximum Gasteiger partial charge on any atom is 0.328 e. The van der Waals surface area contributed by atoms with Gasteiger partial charge in [-0.25, -0.2) is 14.3 Å². The quantitative estimate of drug-likeness (QED) is 0.0197. The number of esters is 1. The van der Waals surface area contributed by atoms with E-state index < -0.39 is 260 Å². The van der Waals surface area contributed by atoms with Gasteiger partial charge in [0.1, 0.15) is 96.4 Å². The summed E-state index contributed by atoms with van der Waals surface area (Å²) in [6.45, 7) is 6.26. The molecule has 19 N–H and O–H groups in total. The molecule has 10 rings (SSSR count). The summed E-state index contributed by atoms with van der Waals surface area (Å²) < 4.78 is 6.21. The number of rotatable bonds is 48. The van der Waals surface area contributed by atoms with Crippen LogP contribution in [0.25, 0.3) is 0 Å². The number of aliphatic carboxylic acids is 2. The molecule has 46 heteroatoms. The highest BCUT2D eigenvalue weighted by atomic mass is 16.5. The molecule has 1 aromatic heterocycles. The van der Waals surface area contributed by atoms with Crippen molar-refractivity contribution in [2.24, 2.45) is 29.0 Å². The monoisotopic (exact) mass is 1940 g/mol. The van der Waals surface area contributed by atoms with Crippen molar-refractivity contribution in [2.45, 2.75) is 278 Å². The fourth-order valence-electron chi connectivity index (χ4n) is 18.3. The predicted molar refractivity (Wildman–Crippen MR) is 489 cm³/mol. The van der Waals surface area contributed by atoms with Crippen molar-refractivity contribution in [1.29, 1.82) is 0 Å². The van der Waals surface area contributed by atoms with Crippen molar-refractivity contribution in [3.05, 3.63) is 114 Å². The number of likely N-dealkylation sites (tertiary alicyclic amines) is 5. The summed E-state index contributed by atoms with van der Waals surface area (Å²) in [4.78, 5) is 300. The standard InChI is InChI=1S/C93H125N21O25/c1-50(2)42-62(102-78(122)57-31-36-76(119)97-57)80(124)99-59(28-33-73(94)116)87(131)110-39-13-22-70(110)84(128)105-65(44-52-16-8-6-9-17-52)91(135)113-48-55(114-49-67(107-108-114)81(125)106-66(93(138)139-5)46-53-18-10-7-11-19-53)47-72(113)86(130)100-60(29-34-74(95)117)88(132)109-38-12-20-68(109)82(126)98-58(32-37-77(120)121)79(123)103-63(43-51(3)4)89(133)111-40-15-23-71(111)85(129)104-64(45-54-24-26-56(115)27-25-54)90(134)112-41-14-21-69(112)83(127)101-61(92(136)137)30-35-75(96)118/h6-11,16-19,24-27,49-51,55,57-66,68-72,115H,12-15,20-23,28-48H2,1-5H3,(H2,94,116)(H2,95,117)(H2,96,118)(H,97,119)(H,98,126)(H,99,124)(H,100,130)(H,101,127)(H,102,122)(H,103,123)(H,104,129)(H,105,128)(H,106,125)(H,120,121)(H,136,137)/t55-,57-,58-,59-,60-,61-,62-,63-,64-,65-,66-,68-,69-,70-,71-,72-/m0/s1. The Hall–Kier alpha value is -14.5. The molecule has 0 unspecified atom stereocenters. The second kappa shape index (κ2) is 50.0. The molecule has 6 fully saturated rings. The van der Waals surface area contributed by atoms with Gasteiger partial charge in [-0.05, 0) is 137 Å². The highest BCUT2D eigenvalue weighted by Crippen LogP contribution is 2.32. The summed E-state index contributed by atoms with van der Waals surface area (Å²) in [6, 6.07) is 0.0399. The number of methoxy groups -OCH3 is 1. The largest absolute Gasteiger partial charge is 0.508 e. The van der Waals surface area contributed by atoms with E-state index in [1.165, 1.54) is 49.8 Å². The summed E-state index contributed by atoms with van der Waals surface area (Å²) in [5.41, 5.74) is 17.8. The van der Waals surface area contributed by atoms with Gasteiger partial charge in [-0.1, -0.05) is 106 Å². The first kappa shape index (κ1) is 107. The molecular formula is C93H125N21O25. The number of hydrogen-bond donors (Lipinski definition) is 16. The Morgan fingerprint density at radius 3 is 1.26 bits per heavy atom. The minimum Gasteiger partial charge on any atom is -0.508 e. The second-order valence-corrected chi connectivity index (χ2v) is 36.7. The SMILES string of the molecule is COC(=O)[C@H](Cc1ccccc1)NC(=O)c1cn([C@H]2C[C@@H](C(=O)N[C@@H](CCC(N)=O)C(=O)N3CCC[C@H]3C(=O)N[C@@H](CCC(=O)O)C(=O)N[C@@H](CC(C)C)C(=O)N3CCC[C@H]3C(=O)N[C@@H](Cc3ccc(O)cc3)C(=O)N3CCC[C@H]3C(=O)N[C@@H](CCC(N)=O)C(=O)O)N(C(=O)[C@H](Cc3ccccc3)NC(=O)[C@@H]3CCCN3C(=O)[C@H](CCC(N)=O)NC(=O)[C@H](CC(C)C)NC(=O)[C@@H]3CCC(=O)N3)C2)nn1. The lowest BCUT2D eigenvalue weighted by molar-refractivity contribution is -0.146. The number of ether oxygens (including phenoxy) is 1. The van der Waals surface area contributed by atoms with Gasteiger partial charge in [0.2, 0.25) is 100 Å². The molecule has 752 valence electrons. The number of amides is 18. The van der Waals surface area contributed by atoms with Crippen molar-refractivity contribution in [1.82, 2.24) is 92.7 Å². The highest BCUT2D eigenvalue weighted by molar-refractivity contribution is 6.02. The third-order valence-corrected chi connectivity index (χ3v) is 25.4. The van der Waals surface area contributed by atoms with E-state index in [2.05, 4.69) is 63.5 Å². The van der Waals surface area contributed by atoms with Crippen molar-refractivity contribution < 1.29 is 121 Å². The van der Waals surface area contributed by atoms with Crippen LogP contribution in [0.5, 0.6) is 5.75 Å². The number of primary amides is 3. The number of nitrogens with two attached hydrogens (primary N) is 3. The van der Waals surface area contributed by atoms with Crippen LogP contribution in [0.2, 0.25) is 0 Å². The third kappa shape index (κ3) is 29.7. The van der Waals surface area contributed by atoms with Crippen LogP contribution in [-0.2, 0) is 120 Å². The summed E-state index contributed by atoms with van der Waals surface area (Å²) in [5, 5.41) is 64.9. The van der Waals surface area contributed by atoms with E-state index in [1.807, 2.05) is 0 Å². The van der Waals surface area contributed by atoms with Crippen molar-refractivity contribution in [2.75, 3.05) is 39.8 Å². The first-order valence-corrected chi connectivity index (χ1v) is 46.9. The highest BCUT2D eigenvalue weighted by Gasteiger charge is 2.50. The number of aromatic hydroxyl groups is 1. The molecule has 3 aromatic carbocycles. The number of phenolic OH excluding ortho intramolecular Hbond substituents is 1. The lowest BCUT2D eigenvalue weighted by atomic mass is 10.0. The zero-order valence-electron chi connectivity index (χ0n) is 78.2. The Morgan fingerprint density at radius 2 is 0.813 bits per heavy atom. The number of carbonyl (C=O) groups is 21. The third-order valence-electron chi connectivity index (χ3n) is 25.4.